The lowest BCUT2D eigenvalue weighted by Crippen LogP contribution is -2.29. The van der Waals surface area contributed by atoms with Crippen LogP contribution in [0, 0.1) is 12.8 Å². The van der Waals surface area contributed by atoms with Crippen molar-refractivity contribution in [3.63, 3.8) is 0 Å². The Balaban J connectivity index is 2.12. The van der Waals surface area contributed by atoms with E-state index in [-0.39, 0.29) is 0 Å². The van der Waals surface area contributed by atoms with Crippen molar-refractivity contribution in [1.29, 1.82) is 0 Å². The summed E-state index contributed by atoms with van der Waals surface area (Å²) in [5.74, 6) is 0.687. The molecule has 1 aliphatic rings. The number of rotatable bonds is 9. The Hall–Kier alpha value is -1.09. The summed E-state index contributed by atoms with van der Waals surface area (Å²) in [7, 11) is 0. The number of anilines is 1. The van der Waals surface area contributed by atoms with Crippen molar-refractivity contribution in [1.82, 2.24) is 10.3 Å². The van der Waals surface area contributed by atoms with Crippen LogP contribution in [0.2, 0.25) is 0 Å². The van der Waals surface area contributed by atoms with Gasteiger partial charge in [-0.25, -0.2) is 0 Å². The van der Waals surface area contributed by atoms with Crippen LogP contribution in [0.25, 0.3) is 0 Å². The molecule has 0 spiro atoms. The highest BCUT2D eigenvalue weighted by Crippen LogP contribution is 2.34. The van der Waals surface area contributed by atoms with Crippen molar-refractivity contribution in [3.05, 3.63) is 23.5 Å². The highest BCUT2D eigenvalue weighted by atomic mass is 15.2. The largest absolute Gasteiger partial charge is 0.368 e. The number of nitrogens with one attached hydrogen (secondary N) is 1. The molecule has 3 heteroatoms. The Morgan fingerprint density at radius 2 is 2.14 bits per heavy atom. The van der Waals surface area contributed by atoms with Gasteiger partial charge in [-0.3, -0.25) is 4.98 Å². The first kappa shape index (κ1) is 16.3. The third-order valence-corrected chi connectivity index (χ3v) is 4.02. The predicted octanol–water partition coefficient (Wildman–Crippen LogP) is 3.90. The lowest BCUT2D eigenvalue weighted by Gasteiger charge is -2.27. The summed E-state index contributed by atoms with van der Waals surface area (Å²) in [5, 5.41) is 3.56. The Morgan fingerprint density at radius 1 is 1.38 bits per heavy atom. The van der Waals surface area contributed by atoms with Gasteiger partial charge in [-0.05, 0) is 44.7 Å². The average molecular weight is 289 g/mol. The molecule has 0 saturated heterocycles. The van der Waals surface area contributed by atoms with E-state index in [4.69, 9.17) is 0 Å². The maximum Gasteiger partial charge on any atom is 0.0448 e. The van der Waals surface area contributed by atoms with E-state index >= 15 is 0 Å². The van der Waals surface area contributed by atoms with Gasteiger partial charge in [0.25, 0.3) is 0 Å². The molecule has 1 heterocycles. The molecule has 1 N–H and O–H groups in total. The number of hydrogen-bond donors (Lipinski definition) is 1. The molecule has 1 aromatic heterocycles. The van der Waals surface area contributed by atoms with Crippen LogP contribution in [0.5, 0.6) is 0 Å². The standard InChI is InChI=1S/C18H31N3/c1-5-6-9-21(17-7-8-17)18-10-15(4)20-13-16(18)12-19-11-14(2)3/h10,13-14,17,19H,5-9,11-12H2,1-4H3. The van der Waals surface area contributed by atoms with Gasteiger partial charge in [-0.1, -0.05) is 27.2 Å². The summed E-state index contributed by atoms with van der Waals surface area (Å²) in [5.41, 5.74) is 3.89. The van der Waals surface area contributed by atoms with Gasteiger partial charge in [0.1, 0.15) is 0 Å². The molecule has 1 fully saturated rings. The first-order valence-electron chi connectivity index (χ1n) is 8.54. The van der Waals surface area contributed by atoms with Crippen molar-refractivity contribution in [2.75, 3.05) is 18.0 Å². The van der Waals surface area contributed by atoms with Gasteiger partial charge < -0.3 is 10.2 Å². The van der Waals surface area contributed by atoms with Crippen molar-refractivity contribution in [2.45, 2.75) is 66.0 Å². The van der Waals surface area contributed by atoms with E-state index in [0.29, 0.717) is 5.92 Å². The molecule has 3 nitrogen and oxygen atoms in total. The third kappa shape index (κ3) is 4.99. The second kappa shape index (κ2) is 7.79. The molecular weight excluding hydrogens is 258 g/mol. The maximum absolute atomic E-state index is 4.51. The van der Waals surface area contributed by atoms with Crippen molar-refractivity contribution >= 4 is 5.69 Å². The Kier molecular flexibility index (Phi) is 6.04. The van der Waals surface area contributed by atoms with Gasteiger partial charge in [0.15, 0.2) is 0 Å². The first-order valence-corrected chi connectivity index (χ1v) is 8.54. The predicted molar refractivity (Wildman–Crippen MR) is 90.8 cm³/mol. The summed E-state index contributed by atoms with van der Waals surface area (Å²) >= 11 is 0. The highest BCUT2D eigenvalue weighted by molar-refractivity contribution is 5.55. The average Bonchev–Trinajstić information content (AvgIpc) is 3.26. The second-order valence-corrected chi connectivity index (χ2v) is 6.76. The van der Waals surface area contributed by atoms with Crippen LogP contribution in [-0.4, -0.2) is 24.1 Å². The maximum atomic E-state index is 4.51. The SMILES string of the molecule is CCCCN(c1cc(C)ncc1CNCC(C)C)C1CC1. The molecule has 0 unspecified atom stereocenters. The molecule has 118 valence electrons. The van der Waals surface area contributed by atoms with Gasteiger partial charge in [0.05, 0.1) is 0 Å². The zero-order valence-corrected chi connectivity index (χ0v) is 14.2. The monoisotopic (exact) mass is 289 g/mol. The van der Waals surface area contributed by atoms with Crippen LogP contribution in [0.4, 0.5) is 5.69 Å². The van der Waals surface area contributed by atoms with Crippen LogP contribution in [0.1, 0.15) is 57.7 Å². The fourth-order valence-electron chi connectivity index (χ4n) is 2.69. The Morgan fingerprint density at radius 3 is 2.76 bits per heavy atom. The van der Waals surface area contributed by atoms with E-state index in [1.807, 2.05) is 0 Å². The van der Waals surface area contributed by atoms with Gasteiger partial charge in [-0.2, -0.15) is 0 Å². The lowest BCUT2D eigenvalue weighted by atomic mass is 10.1. The minimum atomic E-state index is 0.687. The van der Waals surface area contributed by atoms with Crippen LogP contribution in [0.15, 0.2) is 12.3 Å². The smallest absolute Gasteiger partial charge is 0.0448 e. The number of hydrogen-bond acceptors (Lipinski definition) is 3. The molecule has 1 saturated carbocycles. The normalized spacial score (nSPS) is 14.7. The Labute approximate surface area is 130 Å². The highest BCUT2D eigenvalue weighted by Gasteiger charge is 2.30. The molecule has 1 aliphatic carbocycles. The molecule has 1 aromatic rings. The van der Waals surface area contributed by atoms with Crippen LogP contribution in [0.3, 0.4) is 0 Å². The molecule has 0 aromatic carbocycles. The molecule has 0 radical (unpaired) electrons. The van der Waals surface area contributed by atoms with Crippen LogP contribution < -0.4 is 10.2 Å². The molecule has 0 atom stereocenters. The number of unbranched alkanes of at least 4 members (excludes halogenated alkanes) is 1. The van der Waals surface area contributed by atoms with E-state index in [1.165, 1.54) is 43.5 Å². The lowest BCUT2D eigenvalue weighted by molar-refractivity contribution is 0.551. The Bertz CT molecular complexity index is 438. The molecule has 0 aliphatic heterocycles. The number of aromatic nitrogens is 1. The molecule has 0 bridgehead atoms. The van der Waals surface area contributed by atoms with Crippen molar-refractivity contribution < 1.29 is 0 Å². The van der Waals surface area contributed by atoms with Gasteiger partial charge in [0, 0.05) is 42.3 Å². The number of pyridine rings is 1. The van der Waals surface area contributed by atoms with E-state index < -0.39 is 0 Å². The summed E-state index contributed by atoms with van der Waals surface area (Å²) in [6.45, 7) is 12.0. The summed E-state index contributed by atoms with van der Waals surface area (Å²) in [6, 6.07) is 3.04. The van der Waals surface area contributed by atoms with Gasteiger partial charge in [-0.15, -0.1) is 0 Å². The van der Waals surface area contributed by atoms with E-state index in [0.717, 1.165) is 24.8 Å². The minimum absolute atomic E-state index is 0.687. The quantitative estimate of drug-likeness (QED) is 0.747. The van der Waals surface area contributed by atoms with Crippen molar-refractivity contribution in [3.8, 4) is 0 Å². The fraction of sp³-hybridized carbons (Fsp3) is 0.722. The van der Waals surface area contributed by atoms with Crippen LogP contribution in [-0.2, 0) is 6.54 Å². The third-order valence-electron chi connectivity index (χ3n) is 4.02. The van der Waals surface area contributed by atoms with E-state index in [9.17, 15) is 0 Å². The van der Waals surface area contributed by atoms with E-state index in [2.05, 4.69) is 55.2 Å². The zero-order chi connectivity index (χ0) is 15.2. The molecule has 0 amide bonds. The molecule has 2 rings (SSSR count). The molecular formula is C18H31N3. The summed E-state index contributed by atoms with van der Waals surface area (Å²) in [6.07, 6.45) is 7.30. The van der Waals surface area contributed by atoms with Crippen molar-refractivity contribution in [2.24, 2.45) is 5.92 Å². The summed E-state index contributed by atoms with van der Waals surface area (Å²) in [4.78, 5) is 7.14. The fourth-order valence-corrected chi connectivity index (χ4v) is 2.69. The van der Waals surface area contributed by atoms with Crippen LogP contribution >= 0.6 is 0 Å². The first-order chi connectivity index (χ1) is 10.1. The summed E-state index contributed by atoms with van der Waals surface area (Å²) < 4.78 is 0. The number of aryl methyl sites for hydroxylation is 1. The van der Waals surface area contributed by atoms with E-state index in [1.54, 1.807) is 0 Å². The molecule has 21 heavy (non-hydrogen) atoms. The minimum Gasteiger partial charge on any atom is -0.368 e. The zero-order valence-electron chi connectivity index (χ0n) is 14.2. The van der Waals surface area contributed by atoms with Gasteiger partial charge in [0.2, 0.25) is 0 Å². The second-order valence-electron chi connectivity index (χ2n) is 6.76. The topological polar surface area (TPSA) is 28.2 Å². The van der Waals surface area contributed by atoms with Gasteiger partial charge >= 0.3 is 0 Å². The number of nitrogens with zero attached hydrogens (tertiary/aromatic N) is 2.